The van der Waals surface area contributed by atoms with Gasteiger partial charge in [0.15, 0.2) is 0 Å². The summed E-state index contributed by atoms with van der Waals surface area (Å²) in [7, 11) is 1.64. The third-order valence-corrected chi connectivity index (χ3v) is 3.23. The van der Waals surface area contributed by atoms with E-state index in [-0.39, 0.29) is 11.3 Å². The first-order valence-corrected chi connectivity index (χ1v) is 5.40. The summed E-state index contributed by atoms with van der Waals surface area (Å²) in [6.45, 7) is 0. The highest BCUT2D eigenvalue weighted by molar-refractivity contribution is 8.00. The number of hydrogen-bond donors (Lipinski definition) is 1. The average molecular weight is 209 g/mol. The topological polar surface area (TPSA) is 38.3 Å². The molecule has 3 nitrogen and oxygen atoms in total. The van der Waals surface area contributed by atoms with E-state index in [4.69, 9.17) is 4.74 Å². The maximum Gasteiger partial charge on any atom is 0.231 e. The molecule has 0 saturated carbocycles. The molecular formula is C10H11NO2S. The highest BCUT2D eigenvalue weighted by Gasteiger charge is 2.24. The van der Waals surface area contributed by atoms with Gasteiger partial charge in [0.25, 0.3) is 0 Å². The monoisotopic (exact) mass is 209 g/mol. The Kier molecular flexibility index (Phi) is 2.63. The van der Waals surface area contributed by atoms with Crippen molar-refractivity contribution in [1.29, 1.82) is 0 Å². The Labute approximate surface area is 86.8 Å². The molecule has 14 heavy (non-hydrogen) atoms. The van der Waals surface area contributed by atoms with Gasteiger partial charge >= 0.3 is 0 Å². The molecule has 1 heterocycles. The van der Waals surface area contributed by atoms with Gasteiger partial charge in [0.05, 0.1) is 12.9 Å². The molecular weight excluding hydrogens is 198 g/mol. The van der Waals surface area contributed by atoms with E-state index in [1.165, 1.54) is 0 Å². The van der Waals surface area contributed by atoms with Crippen molar-refractivity contribution in [3.05, 3.63) is 29.8 Å². The van der Waals surface area contributed by atoms with Gasteiger partial charge in [0.1, 0.15) is 11.1 Å². The van der Waals surface area contributed by atoms with Crippen LogP contribution in [0.1, 0.15) is 10.9 Å². The summed E-state index contributed by atoms with van der Waals surface area (Å²) < 4.78 is 5.23. The van der Waals surface area contributed by atoms with Crippen LogP contribution >= 0.6 is 11.8 Å². The van der Waals surface area contributed by atoms with Crippen LogP contribution in [-0.2, 0) is 4.79 Å². The lowest BCUT2D eigenvalue weighted by Gasteiger charge is -2.13. The minimum absolute atomic E-state index is 0.0404. The maximum atomic E-state index is 11.1. The highest BCUT2D eigenvalue weighted by atomic mass is 32.2. The first-order chi connectivity index (χ1) is 6.81. The number of rotatable bonds is 2. The first kappa shape index (κ1) is 9.40. The summed E-state index contributed by atoms with van der Waals surface area (Å²) in [6.07, 6.45) is 0. The number of nitrogens with one attached hydrogen (secondary N) is 1. The molecule has 1 aromatic carbocycles. The molecule has 74 valence electrons. The number of thioether (sulfide) groups is 1. The van der Waals surface area contributed by atoms with Gasteiger partial charge in [-0.2, -0.15) is 0 Å². The van der Waals surface area contributed by atoms with E-state index < -0.39 is 0 Å². The van der Waals surface area contributed by atoms with Crippen LogP contribution in [0, 0.1) is 0 Å². The normalized spacial score (nSPS) is 20.6. The molecule has 0 bridgehead atoms. The highest BCUT2D eigenvalue weighted by Crippen LogP contribution is 2.35. The van der Waals surface area contributed by atoms with E-state index in [9.17, 15) is 4.79 Å². The van der Waals surface area contributed by atoms with E-state index in [0.29, 0.717) is 5.75 Å². The Bertz CT molecular complexity index is 354. The van der Waals surface area contributed by atoms with Crippen LogP contribution in [0.15, 0.2) is 24.3 Å². The molecule has 0 radical (unpaired) electrons. The quantitative estimate of drug-likeness (QED) is 0.803. The SMILES string of the molecule is COc1ccccc1[C@H]1NC(=O)CS1. The molecule has 0 aliphatic carbocycles. The zero-order chi connectivity index (χ0) is 9.97. The Morgan fingerprint density at radius 3 is 2.93 bits per heavy atom. The number of amides is 1. The number of ether oxygens (including phenoxy) is 1. The van der Waals surface area contributed by atoms with Crippen LogP contribution in [0.2, 0.25) is 0 Å². The number of hydrogen-bond acceptors (Lipinski definition) is 3. The third kappa shape index (κ3) is 1.70. The van der Waals surface area contributed by atoms with Gasteiger partial charge in [-0.3, -0.25) is 4.79 Å². The van der Waals surface area contributed by atoms with Crippen molar-refractivity contribution in [2.75, 3.05) is 12.9 Å². The molecule has 1 amide bonds. The Hall–Kier alpha value is -1.16. The minimum Gasteiger partial charge on any atom is -0.496 e. The second-order valence-corrected chi connectivity index (χ2v) is 4.09. The van der Waals surface area contributed by atoms with Crippen LogP contribution in [0.3, 0.4) is 0 Å². The Morgan fingerprint density at radius 2 is 2.29 bits per heavy atom. The summed E-state index contributed by atoms with van der Waals surface area (Å²) >= 11 is 1.59. The van der Waals surface area contributed by atoms with Crippen molar-refractivity contribution < 1.29 is 9.53 Å². The molecule has 1 N–H and O–H groups in total. The summed E-state index contributed by atoms with van der Waals surface area (Å²) in [4.78, 5) is 11.1. The molecule has 1 aromatic rings. The fourth-order valence-electron chi connectivity index (χ4n) is 1.44. The number of methoxy groups -OCH3 is 1. The van der Waals surface area contributed by atoms with Gasteiger partial charge in [-0.25, -0.2) is 0 Å². The van der Waals surface area contributed by atoms with E-state index in [2.05, 4.69) is 5.32 Å². The van der Waals surface area contributed by atoms with E-state index in [0.717, 1.165) is 11.3 Å². The van der Waals surface area contributed by atoms with Crippen molar-refractivity contribution in [3.8, 4) is 5.75 Å². The van der Waals surface area contributed by atoms with Crippen LogP contribution in [-0.4, -0.2) is 18.8 Å². The van der Waals surface area contributed by atoms with Crippen LogP contribution < -0.4 is 10.1 Å². The lowest BCUT2D eigenvalue weighted by atomic mass is 10.2. The van der Waals surface area contributed by atoms with Gasteiger partial charge in [0.2, 0.25) is 5.91 Å². The second kappa shape index (κ2) is 3.92. The Balaban J connectivity index is 2.27. The summed E-state index contributed by atoms with van der Waals surface area (Å²) in [5.74, 6) is 1.45. The number of carbonyl (C=O) groups excluding carboxylic acids is 1. The molecule has 0 aromatic heterocycles. The van der Waals surface area contributed by atoms with E-state index in [1.54, 1.807) is 18.9 Å². The van der Waals surface area contributed by atoms with Gasteiger partial charge in [-0.05, 0) is 6.07 Å². The molecule has 1 saturated heterocycles. The van der Waals surface area contributed by atoms with E-state index in [1.807, 2.05) is 24.3 Å². The molecule has 1 atom stereocenters. The molecule has 0 spiro atoms. The maximum absolute atomic E-state index is 11.1. The van der Waals surface area contributed by atoms with Crippen molar-refractivity contribution in [2.45, 2.75) is 5.37 Å². The van der Waals surface area contributed by atoms with Gasteiger partial charge in [0, 0.05) is 5.56 Å². The second-order valence-electron chi connectivity index (χ2n) is 3.00. The number of benzene rings is 1. The van der Waals surface area contributed by atoms with E-state index >= 15 is 0 Å². The molecule has 2 rings (SSSR count). The van der Waals surface area contributed by atoms with Crippen molar-refractivity contribution >= 4 is 17.7 Å². The van der Waals surface area contributed by atoms with Gasteiger partial charge in [-0.15, -0.1) is 11.8 Å². The van der Waals surface area contributed by atoms with Crippen LogP contribution in [0.5, 0.6) is 5.75 Å². The smallest absolute Gasteiger partial charge is 0.231 e. The van der Waals surface area contributed by atoms with Crippen molar-refractivity contribution in [3.63, 3.8) is 0 Å². The summed E-state index contributed by atoms with van der Waals surface area (Å²) in [6, 6.07) is 7.75. The zero-order valence-corrected chi connectivity index (χ0v) is 8.64. The lowest BCUT2D eigenvalue weighted by molar-refractivity contribution is -0.118. The molecule has 1 aliphatic rings. The van der Waals surface area contributed by atoms with Gasteiger partial charge < -0.3 is 10.1 Å². The summed E-state index contributed by atoms with van der Waals surface area (Å²) in [5, 5.41) is 2.93. The lowest BCUT2D eigenvalue weighted by Crippen LogP contribution is -2.19. The van der Waals surface area contributed by atoms with Gasteiger partial charge in [-0.1, -0.05) is 18.2 Å². The molecule has 0 unspecified atom stereocenters. The van der Waals surface area contributed by atoms with Crippen molar-refractivity contribution in [1.82, 2.24) is 5.32 Å². The Morgan fingerprint density at radius 1 is 1.50 bits per heavy atom. The zero-order valence-electron chi connectivity index (χ0n) is 7.82. The van der Waals surface area contributed by atoms with Crippen LogP contribution in [0.25, 0.3) is 0 Å². The largest absolute Gasteiger partial charge is 0.496 e. The third-order valence-electron chi connectivity index (χ3n) is 2.09. The fourth-order valence-corrected chi connectivity index (χ4v) is 2.43. The predicted octanol–water partition coefficient (Wildman–Crippen LogP) is 1.56. The molecule has 4 heteroatoms. The summed E-state index contributed by atoms with van der Waals surface area (Å²) in [5.41, 5.74) is 1.03. The predicted molar refractivity (Wildman–Crippen MR) is 56.3 cm³/mol. The standard InChI is InChI=1S/C10H11NO2S/c1-13-8-5-3-2-4-7(8)10-11-9(12)6-14-10/h2-5,10H,6H2,1H3,(H,11,12)/t10-/m0/s1. The number of carbonyl (C=O) groups is 1. The first-order valence-electron chi connectivity index (χ1n) is 4.35. The fraction of sp³-hybridized carbons (Fsp3) is 0.300. The average Bonchev–Trinajstić information content (AvgIpc) is 2.65. The number of para-hydroxylation sites is 1. The molecule has 1 fully saturated rings. The minimum atomic E-state index is 0.0404. The van der Waals surface area contributed by atoms with Crippen molar-refractivity contribution in [2.24, 2.45) is 0 Å². The van der Waals surface area contributed by atoms with Crippen LogP contribution in [0.4, 0.5) is 0 Å². The molecule has 1 aliphatic heterocycles.